The highest BCUT2D eigenvalue weighted by atomic mass is 15.1. The average molecular weight is 674 g/mol. The van der Waals surface area contributed by atoms with Gasteiger partial charge in [-0.1, -0.05) is 169 Å². The van der Waals surface area contributed by atoms with Crippen molar-refractivity contribution in [3.05, 3.63) is 212 Å². The van der Waals surface area contributed by atoms with Crippen molar-refractivity contribution in [2.45, 2.75) is 0 Å². The summed E-state index contributed by atoms with van der Waals surface area (Å²) in [6.07, 6.45) is 0. The van der Waals surface area contributed by atoms with E-state index in [4.69, 9.17) is 16.4 Å². The molecule has 240 valence electrons. The van der Waals surface area contributed by atoms with Crippen molar-refractivity contribution >= 4 is 38.6 Å². The summed E-state index contributed by atoms with van der Waals surface area (Å²) in [6, 6.07) is -3.01. The summed E-state index contributed by atoms with van der Waals surface area (Å²) in [6.45, 7) is 0. The molecule has 0 atom stereocenters. The van der Waals surface area contributed by atoms with Crippen molar-refractivity contribution < 1.29 is 32.9 Å². The van der Waals surface area contributed by atoms with Crippen molar-refractivity contribution in [3.8, 4) is 44.5 Å². The molecule has 0 unspecified atom stereocenters. The van der Waals surface area contributed by atoms with Crippen LogP contribution in [0.5, 0.6) is 0 Å². The molecule has 0 aliphatic rings. The average Bonchev–Trinajstić information content (AvgIpc) is 3.39. The SMILES string of the molecule is [2H]c1c([2H])c([2H])c(-c2c([2H])c([2H])c(N(c3c([2H])c([2H])c(-c4ccc5ccccc5c4-c4ccccc4)c([2H])c3[2H])c3c([2H])c([2H])c(-c4c([2H])c([2H])c5c([2H])c([2H])c([2H])c([2H])c5c4[2H])c([2H])c3[2H])c([2H])c2[2H])c([2H])c1[2H]. The zero-order valence-electron chi connectivity index (χ0n) is 50.3. The number of hydrogen-bond donors (Lipinski definition) is 0. The van der Waals surface area contributed by atoms with Crippen LogP contribution in [0.2, 0.25) is 0 Å². The topological polar surface area (TPSA) is 3.24 Å². The van der Waals surface area contributed by atoms with Gasteiger partial charge in [0, 0.05) is 17.1 Å². The highest BCUT2D eigenvalue weighted by Crippen LogP contribution is 2.41. The minimum atomic E-state index is -1.15. The normalized spacial score (nSPS) is 17.7. The minimum absolute atomic E-state index is 0.224. The van der Waals surface area contributed by atoms with Gasteiger partial charge in [0.15, 0.2) is 0 Å². The standard InChI is InChI=1S/C50H35N/c1-3-11-36(12-4-1)38-21-28-45(29-22-38)51(46-30-23-39(24-31-46)44-20-19-37-13-7-8-17-43(37)35-44)47-32-25-41(26-33-47)49-34-27-40-14-9-10-18-48(40)50(49)42-15-5-2-6-16-42/h1-35H/i1D,3D,4D,7D,8D,11D,12D,13D,17D,19D,20D,21D,22D,23D,24D,25D,26D,28D,29D,30D,31D,32D,33D,35D. The maximum atomic E-state index is 9.68. The molecule has 0 aromatic heterocycles. The van der Waals surface area contributed by atoms with Crippen molar-refractivity contribution in [2.24, 2.45) is 0 Å². The first-order valence-electron chi connectivity index (χ1n) is 27.6. The van der Waals surface area contributed by atoms with Gasteiger partial charge in [-0.2, -0.15) is 0 Å². The monoisotopic (exact) mass is 673 g/mol. The summed E-state index contributed by atoms with van der Waals surface area (Å²) >= 11 is 0. The third-order valence-electron chi connectivity index (χ3n) is 8.02. The van der Waals surface area contributed by atoms with Crippen LogP contribution < -0.4 is 4.90 Å². The summed E-state index contributed by atoms with van der Waals surface area (Å²) in [5.74, 6) is 0. The van der Waals surface area contributed by atoms with Crippen LogP contribution >= 0.6 is 0 Å². The van der Waals surface area contributed by atoms with E-state index in [1.807, 2.05) is 18.2 Å². The number of anilines is 3. The highest BCUT2D eigenvalue weighted by molar-refractivity contribution is 6.04. The largest absolute Gasteiger partial charge is 0.311 e. The lowest BCUT2D eigenvalue weighted by Crippen LogP contribution is -2.09. The predicted molar refractivity (Wildman–Crippen MR) is 218 cm³/mol. The molecular weight excluding hydrogens is 615 g/mol. The second-order valence-corrected chi connectivity index (χ2v) is 11.1. The van der Waals surface area contributed by atoms with Crippen LogP contribution in [-0.2, 0) is 0 Å². The number of nitrogens with zero attached hydrogens (tertiary/aromatic N) is 1. The lowest BCUT2D eigenvalue weighted by Gasteiger charge is -2.26. The molecule has 1 nitrogen and oxygen atoms in total. The predicted octanol–water partition coefficient (Wildman–Crippen LogP) is 14.1. The molecule has 0 saturated carbocycles. The van der Waals surface area contributed by atoms with Crippen LogP contribution in [0.1, 0.15) is 32.9 Å². The Morgan fingerprint density at radius 3 is 1.55 bits per heavy atom. The third kappa shape index (κ3) is 5.96. The molecule has 9 aromatic rings. The zero-order chi connectivity index (χ0) is 54.9. The fourth-order valence-electron chi connectivity index (χ4n) is 5.65. The second-order valence-electron chi connectivity index (χ2n) is 11.1. The molecule has 0 radical (unpaired) electrons. The van der Waals surface area contributed by atoms with Crippen LogP contribution in [0.25, 0.3) is 66.1 Å². The van der Waals surface area contributed by atoms with Crippen LogP contribution in [0.3, 0.4) is 0 Å². The van der Waals surface area contributed by atoms with Crippen molar-refractivity contribution in [3.63, 3.8) is 0 Å². The van der Waals surface area contributed by atoms with E-state index in [0.29, 0.717) is 21.4 Å². The van der Waals surface area contributed by atoms with Crippen LogP contribution in [0.15, 0.2) is 212 Å². The molecular formula is C50H35N. The van der Waals surface area contributed by atoms with Gasteiger partial charge in [-0.25, -0.2) is 0 Å². The first-order chi connectivity index (χ1) is 35.3. The molecule has 0 heterocycles. The molecule has 0 spiro atoms. The Bertz CT molecular complexity index is 3890. The molecule has 9 rings (SSSR count). The van der Waals surface area contributed by atoms with Gasteiger partial charge in [0.1, 0.15) is 0 Å². The molecule has 51 heavy (non-hydrogen) atoms. The smallest absolute Gasteiger partial charge is 0.0645 e. The Kier molecular flexibility index (Phi) is 3.72. The number of rotatable bonds is 7. The minimum Gasteiger partial charge on any atom is -0.311 e. The van der Waals surface area contributed by atoms with E-state index in [-0.39, 0.29) is 11.1 Å². The molecule has 0 N–H and O–H groups in total. The quantitative estimate of drug-likeness (QED) is 0.163. The van der Waals surface area contributed by atoms with Crippen LogP contribution in [0, 0.1) is 0 Å². The summed E-state index contributed by atoms with van der Waals surface area (Å²) in [5, 5.41) is 0.335. The summed E-state index contributed by atoms with van der Waals surface area (Å²) in [7, 11) is 0. The summed E-state index contributed by atoms with van der Waals surface area (Å²) < 4.78 is 216. The lowest BCUT2D eigenvalue weighted by atomic mass is 9.90. The molecule has 0 aliphatic heterocycles. The Balaban J connectivity index is 1.41. The van der Waals surface area contributed by atoms with Gasteiger partial charge >= 0.3 is 0 Å². The molecule has 0 fully saturated rings. The Morgan fingerprint density at radius 2 is 0.863 bits per heavy atom. The Morgan fingerprint density at radius 1 is 0.333 bits per heavy atom. The molecule has 0 amide bonds. The van der Waals surface area contributed by atoms with E-state index in [2.05, 4.69) is 0 Å². The maximum Gasteiger partial charge on any atom is 0.0645 e. The van der Waals surface area contributed by atoms with E-state index >= 15 is 0 Å². The van der Waals surface area contributed by atoms with Gasteiger partial charge in [0.25, 0.3) is 0 Å². The fraction of sp³-hybridized carbons (Fsp3) is 0. The molecule has 0 saturated heterocycles. The molecule has 1 heteroatoms. The van der Waals surface area contributed by atoms with Crippen LogP contribution in [-0.4, -0.2) is 0 Å². The lowest BCUT2D eigenvalue weighted by molar-refractivity contribution is 1.28. The molecule has 0 bridgehead atoms. The van der Waals surface area contributed by atoms with Gasteiger partial charge in [-0.15, -0.1) is 0 Å². The number of fused-ring (bicyclic) bond motifs is 2. The molecule has 9 aromatic carbocycles. The van der Waals surface area contributed by atoms with Crippen molar-refractivity contribution in [1.29, 1.82) is 0 Å². The van der Waals surface area contributed by atoms with Crippen molar-refractivity contribution in [1.82, 2.24) is 0 Å². The van der Waals surface area contributed by atoms with Gasteiger partial charge in [0.2, 0.25) is 0 Å². The number of benzene rings is 9. The zero-order valence-corrected chi connectivity index (χ0v) is 26.3. The van der Waals surface area contributed by atoms with Gasteiger partial charge in [-0.05, 0) is 108 Å². The van der Waals surface area contributed by atoms with E-state index in [9.17, 15) is 16.4 Å². The van der Waals surface area contributed by atoms with Gasteiger partial charge in [0.05, 0.1) is 32.9 Å². The van der Waals surface area contributed by atoms with E-state index in [1.165, 1.54) is 0 Å². The second kappa shape index (κ2) is 13.3. The highest BCUT2D eigenvalue weighted by Gasteiger charge is 2.16. The first kappa shape index (κ1) is 14.3. The van der Waals surface area contributed by atoms with Gasteiger partial charge in [-0.3, -0.25) is 0 Å². The number of hydrogen-bond acceptors (Lipinski definition) is 1. The molecule has 0 aliphatic carbocycles. The van der Waals surface area contributed by atoms with Crippen LogP contribution in [0.4, 0.5) is 17.1 Å². The first-order valence-corrected chi connectivity index (χ1v) is 15.6. The summed E-state index contributed by atoms with van der Waals surface area (Å²) in [4.78, 5) is 0.482. The van der Waals surface area contributed by atoms with Crippen molar-refractivity contribution in [2.75, 3.05) is 4.90 Å². The summed E-state index contributed by atoms with van der Waals surface area (Å²) in [5.41, 5.74) is -4.95. The van der Waals surface area contributed by atoms with Gasteiger partial charge < -0.3 is 4.90 Å². The van der Waals surface area contributed by atoms with E-state index in [0.717, 1.165) is 5.39 Å². The fourth-order valence-corrected chi connectivity index (χ4v) is 5.65. The maximum absolute atomic E-state index is 9.68. The third-order valence-corrected chi connectivity index (χ3v) is 8.02. The Labute approximate surface area is 333 Å². The van der Waals surface area contributed by atoms with E-state index in [1.54, 1.807) is 48.5 Å². The Hall–Kier alpha value is -6.70. The van der Waals surface area contributed by atoms with E-state index < -0.39 is 195 Å².